The molecule has 0 aliphatic heterocycles. The highest BCUT2D eigenvalue weighted by Gasteiger charge is 2.11. The van der Waals surface area contributed by atoms with Crippen molar-refractivity contribution in [2.75, 3.05) is 0 Å². The van der Waals surface area contributed by atoms with Crippen molar-refractivity contribution < 1.29 is 0 Å². The van der Waals surface area contributed by atoms with Gasteiger partial charge in [0.25, 0.3) is 0 Å². The molecule has 0 saturated heterocycles. The Bertz CT molecular complexity index is 919. The average Bonchev–Trinajstić information content (AvgIpc) is 2.61. The Kier molecular flexibility index (Phi) is 4.15. The lowest BCUT2D eigenvalue weighted by Gasteiger charge is -2.15. The summed E-state index contributed by atoms with van der Waals surface area (Å²) in [6.07, 6.45) is 0. The topological polar surface area (TPSA) is 8.72 Å². The van der Waals surface area contributed by atoms with Crippen LogP contribution in [0.25, 0.3) is 31.9 Å². The molecule has 0 radical (unpaired) electrons. The molecule has 0 atom stereocenters. The van der Waals surface area contributed by atoms with Gasteiger partial charge in [0.1, 0.15) is 0 Å². The van der Waals surface area contributed by atoms with Crippen LogP contribution in [0.15, 0.2) is 60.7 Å². The fourth-order valence-corrected chi connectivity index (χ4v) is 2.99. The van der Waals surface area contributed by atoms with Gasteiger partial charge in [-0.05, 0) is 36.1 Å². The second-order valence-corrected chi connectivity index (χ2v) is 5.77. The van der Waals surface area contributed by atoms with E-state index in [0.29, 0.717) is 11.4 Å². The highest BCUT2D eigenvalue weighted by Crippen LogP contribution is 2.37. The molecule has 3 rings (SSSR count). The van der Waals surface area contributed by atoms with Crippen molar-refractivity contribution in [1.82, 2.24) is 0 Å². The van der Waals surface area contributed by atoms with Gasteiger partial charge in [0.05, 0.1) is 13.1 Å². The van der Waals surface area contributed by atoms with Gasteiger partial charge in [-0.1, -0.05) is 71.8 Å². The summed E-state index contributed by atoms with van der Waals surface area (Å²) in [5.41, 5.74) is 8.05. The Labute approximate surface area is 142 Å². The fraction of sp³-hybridized carbons (Fsp3) is 0.0909. The zero-order valence-electron chi connectivity index (χ0n) is 13.7. The number of hydrogen-bond acceptors (Lipinski definition) is 0. The minimum absolute atomic E-state index is 0.659. The van der Waals surface area contributed by atoms with Gasteiger partial charge in [-0.2, -0.15) is 0 Å². The number of hydrogen-bond donors (Lipinski definition) is 0. The molecule has 0 spiro atoms. The van der Waals surface area contributed by atoms with E-state index in [2.05, 4.69) is 21.8 Å². The quantitative estimate of drug-likeness (QED) is 0.463. The molecular weight excluding hydrogens is 292 g/mol. The van der Waals surface area contributed by atoms with Gasteiger partial charge in [0.2, 0.25) is 0 Å². The van der Waals surface area contributed by atoms with E-state index in [-0.39, 0.29) is 0 Å². The summed E-state index contributed by atoms with van der Waals surface area (Å²) >= 11 is 0. The van der Waals surface area contributed by atoms with Crippen LogP contribution in [0.2, 0.25) is 0 Å². The molecule has 0 amide bonds. The van der Waals surface area contributed by atoms with E-state index in [9.17, 15) is 0 Å². The first kappa shape index (κ1) is 15.5. The molecule has 0 saturated carbocycles. The summed E-state index contributed by atoms with van der Waals surface area (Å²) in [5.74, 6) is 0. The zero-order valence-corrected chi connectivity index (χ0v) is 13.7. The molecule has 0 heterocycles. The third-order valence-electron chi connectivity index (χ3n) is 4.19. The van der Waals surface area contributed by atoms with Crippen LogP contribution < -0.4 is 0 Å². The second kappa shape index (κ2) is 6.41. The van der Waals surface area contributed by atoms with Crippen molar-refractivity contribution in [3.63, 3.8) is 0 Å². The van der Waals surface area contributed by atoms with Crippen molar-refractivity contribution in [2.45, 2.75) is 13.8 Å². The van der Waals surface area contributed by atoms with E-state index >= 15 is 0 Å². The van der Waals surface area contributed by atoms with Crippen LogP contribution in [-0.4, -0.2) is 0 Å². The average molecular weight is 308 g/mol. The molecule has 0 aliphatic rings. The molecule has 3 aromatic carbocycles. The molecule has 0 bridgehead atoms. The molecule has 0 fully saturated rings. The van der Waals surface area contributed by atoms with Crippen LogP contribution in [0.1, 0.15) is 11.1 Å². The van der Waals surface area contributed by atoms with Crippen LogP contribution >= 0.6 is 0 Å². The van der Waals surface area contributed by atoms with Crippen molar-refractivity contribution >= 4 is 11.4 Å². The standard InChI is InChI=1S/C22H16N2/c1-15-13-17(23-3)9-11-19(15)21-7-5-6-8-22(21)20-12-10-18(24-4)14-16(20)2/h5-14H,1-2H3. The number of rotatable bonds is 2. The van der Waals surface area contributed by atoms with E-state index in [1.54, 1.807) is 0 Å². The Morgan fingerprint density at radius 1 is 0.583 bits per heavy atom. The smallest absolute Gasteiger partial charge is 0.187 e. The van der Waals surface area contributed by atoms with Crippen molar-refractivity contribution in [1.29, 1.82) is 0 Å². The van der Waals surface area contributed by atoms with E-state index in [1.165, 1.54) is 0 Å². The van der Waals surface area contributed by atoms with E-state index in [0.717, 1.165) is 33.4 Å². The van der Waals surface area contributed by atoms with Crippen LogP contribution in [0, 0.1) is 27.0 Å². The lowest BCUT2D eigenvalue weighted by atomic mass is 9.90. The van der Waals surface area contributed by atoms with Crippen molar-refractivity contribution in [3.8, 4) is 22.3 Å². The predicted octanol–water partition coefficient (Wildman–Crippen LogP) is 6.74. The Morgan fingerprint density at radius 2 is 1.00 bits per heavy atom. The number of aryl methyl sites for hydroxylation is 2. The minimum Gasteiger partial charge on any atom is -0.238 e. The Hall–Kier alpha value is -3.36. The predicted molar refractivity (Wildman–Crippen MR) is 99.3 cm³/mol. The molecule has 2 heteroatoms. The summed E-state index contributed by atoms with van der Waals surface area (Å²) in [7, 11) is 0. The maximum absolute atomic E-state index is 7.16. The Balaban J connectivity index is 2.20. The monoisotopic (exact) mass is 308 g/mol. The van der Waals surface area contributed by atoms with E-state index in [1.807, 2.05) is 62.4 Å². The summed E-state index contributed by atoms with van der Waals surface area (Å²) in [5, 5.41) is 0. The van der Waals surface area contributed by atoms with Gasteiger partial charge >= 0.3 is 0 Å². The van der Waals surface area contributed by atoms with Crippen LogP contribution in [0.5, 0.6) is 0 Å². The molecule has 0 unspecified atom stereocenters. The second-order valence-electron chi connectivity index (χ2n) is 5.77. The highest BCUT2D eigenvalue weighted by atomic mass is 14.6. The summed E-state index contributed by atoms with van der Waals surface area (Å²) in [6.45, 7) is 18.4. The van der Waals surface area contributed by atoms with Gasteiger partial charge in [0, 0.05) is 0 Å². The number of nitrogens with zero attached hydrogens (tertiary/aromatic N) is 2. The lowest BCUT2D eigenvalue weighted by molar-refractivity contribution is 1.44. The van der Waals surface area contributed by atoms with E-state index < -0.39 is 0 Å². The zero-order chi connectivity index (χ0) is 17.1. The van der Waals surface area contributed by atoms with E-state index in [4.69, 9.17) is 13.1 Å². The Morgan fingerprint density at radius 3 is 1.33 bits per heavy atom. The van der Waals surface area contributed by atoms with Gasteiger partial charge in [-0.3, -0.25) is 0 Å². The lowest BCUT2D eigenvalue weighted by Crippen LogP contribution is -1.89. The summed E-state index contributed by atoms with van der Waals surface area (Å²) in [4.78, 5) is 7.00. The van der Waals surface area contributed by atoms with Crippen molar-refractivity contribution in [2.24, 2.45) is 0 Å². The largest absolute Gasteiger partial charge is 0.238 e. The maximum Gasteiger partial charge on any atom is 0.187 e. The molecule has 114 valence electrons. The van der Waals surface area contributed by atoms with Crippen LogP contribution in [-0.2, 0) is 0 Å². The van der Waals surface area contributed by atoms with Crippen molar-refractivity contribution in [3.05, 3.63) is 94.6 Å². The highest BCUT2D eigenvalue weighted by molar-refractivity contribution is 5.87. The first-order chi connectivity index (χ1) is 11.6. The van der Waals surface area contributed by atoms with Crippen LogP contribution in [0.4, 0.5) is 11.4 Å². The molecule has 24 heavy (non-hydrogen) atoms. The van der Waals surface area contributed by atoms with Gasteiger partial charge in [-0.25, -0.2) is 9.69 Å². The first-order valence-corrected chi connectivity index (χ1v) is 7.70. The normalized spacial score (nSPS) is 10.0. The molecule has 0 aliphatic carbocycles. The molecule has 0 aromatic heterocycles. The van der Waals surface area contributed by atoms with Gasteiger partial charge in [-0.15, -0.1) is 0 Å². The SMILES string of the molecule is [C-]#[N+]c1ccc(-c2ccccc2-c2ccc([N+]#[C-])cc2C)c(C)c1. The van der Waals surface area contributed by atoms with Gasteiger partial charge < -0.3 is 0 Å². The fourth-order valence-electron chi connectivity index (χ4n) is 2.99. The third kappa shape index (κ3) is 2.78. The number of benzene rings is 3. The summed E-state index contributed by atoms with van der Waals surface area (Å²) in [6, 6.07) is 19.9. The molecule has 2 nitrogen and oxygen atoms in total. The summed E-state index contributed by atoms with van der Waals surface area (Å²) < 4.78 is 0. The molecular formula is C22H16N2. The molecule has 0 N–H and O–H groups in total. The van der Waals surface area contributed by atoms with Crippen LogP contribution in [0.3, 0.4) is 0 Å². The maximum atomic E-state index is 7.16. The minimum atomic E-state index is 0.659. The first-order valence-electron chi connectivity index (χ1n) is 7.70. The van der Waals surface area contributed by atoms with Gasteiger partial charge in [0.15, 0.2) is 11.4 Å². The molecule has 3 aromatic rings. The third-order valence-corrected chi connectivity index (χ3v) is 4.19.